The molecule has 0 saturated heterocycles. The number of halogens is 1. The number of hydrogen-bond donors (Lipinski definition) is 1. The van der Waals surface area contributed by atoms with E-state index >= 15 is 0 Å². The normalized spacial score (nSPS) is 11.0. The predicted octanol–water partition coefficient (Wildman–Crippen LogP) is 2.89. The minimum absolute atomic E-state index is 0.0993. The smallest absolute Gasteiger partial charge is 0.284 e. The first-order chi connectivity index (χ1) is 13.9. The van der Waals surface area contributed by atoms with E-state index in [2.05, 4.69) is 20.6 Å². The minimum atomic E-state index is -0.438. The molecule has 0 saturated carbocycles. The molecule has 146 valence electrons. The lowest BCUT2D eigenvalue weighted by atomic mass is 10.1. The molecule has 1 amide bonds. The van der Waals surface area contributed by atoms with E-state index in [4.69, 9.17) is 11.6 Å². The maximum Gasteiger partial charge on any atom is 0.284 e. The Morgan fingerprint density at radius 1 is 1.14 bits per heavy atom. The van der Waals surface area contributed by atoms with Gasteiger partial charge in [0.1, 0.15) is 12.9 Å². The second kappa shape index (κ2) is 7.48. The van der Waals surface area contributed by atoms with Crippen LogP contribution in [0.5, 0.6) is 0 Å². The largest absolute Gasteiger partial charge is 0.324 e. The van der Waals surface area contributed by atoms with Gasteiger partial charge in [-0.15, -0.1) is 5.10 Å². The number of benzene rings is 2. The number of anilines is 1. The Morgan fingerprint density at radius 3 is 2.62 bits per heavy atom. The number of amides is 1. The number of nitrogens with one attached hydrogen (secondary N) is 1. The number of carbonyl (C=O) groups is 1. The molecule has 9 heteroatoms. The van der Waals surface area contributed by atoms with E-state index < -0.39 is 5.56 Å². The predicted molar refractivity (Wildman–Crippen MR) is 110 cm³/mol. The van der Waals surface area contributed by atoms with Gasteiger partial charge in [-0.2, -0.15) is 4.68 Å². The van der Waals surface area contributed by atoms with Crippen molar-refractivity contribution in [1.82, 2.24) is 24.5 Å². The van der Waals surface area contributed by atoms with Crippen LogP contribution in [0.15, 0.2) is 53.6 Å². The zero-order valence-electron chi connectivity index (χ0n) is 15.8. The van der Waals surface area contributed by atoms with Crippen LogP contribution in [-0.4, -0.2) is 30.5 Å². The second-order valence-electron chi connectivity index (χ2n) is 6.76. The minimum Gasteiger partial charge on any atom is -0.324 e. The Bertz CT molecular complexity index is 1270. The van der Waals surface area contributed by atoms with Crippen molar-refractivity contribution in [2.75, 3.05) is 5.32 Å². The van der Waals surface area contributed by atoms with Crippen LogP contribution < -0.4 is 10.9 Å². The second-order valence-corrected chi connectivity index (χ2v) is 7.19. The summed E-state index contributed by atoms with van der Waals surface area (Å²) >= 11 is 5.92. The summed E-state index contributed by atoms with van der Waals surface area (Å²) in [6, 6.07) is 12.7. The lowest BCUT2D eigenvalue weighted by molar-refractivity contribution is -0.116. The number of fused-ring (bicyclic) bond motifs is 1. The molecule has 2 aromatic carbocycles. The van der Waals surface area contributed by atoms with Crippen LogP contribution in [0.3, 0.4) is 0 Å². The van der Waals surface area contributed by atoms with Crippen molar-refractivity contribution >= 4 is 34.4 Å². The van der Waals surface area contributed by atoms with Crippen molar-refractivity contribution in [2.24, 2.45) is 0 Å². The summed E-state index contributed by atoms with van der Waals surface area (Å²) in [6.45, 7) is 3.76. The first-order valence-electron chi connectivity index (χ1n) is 8.85. The summed E-state index contributed by atoms with van der Waals surface area (Å²) in [4.78, 5) is 29.4. The molecule has 0 atom stereocenters. The monoisotopic (exact) mass is 408 g/mol. The Kier molecular flexibility index (Phi) is 4.85. The molecule has 0 spiro atoms. The van der Waals surface area contributed by atoms with Crippen molar-refractivity contribution in [3.8, 4) is 5.69 Å². The Labute approximate surface area is 170 Å². The molecule has 0 radical (unpaired) electrons. The molecule has 0 unspecified atom stereocenters. The summed E-state index contributed by atoms with van der Waals surface area (Å²) in [5.41, 5.74) is 3.45. The van der Waals surface area contributed by atoms with Gasteiger partial charge >= 0.3 is 0 Å². The van der Waals surface area contributed by atoms with E-state index in [0.29, 0.717) is 16.4 Å². The SMILES string of the molecule is Cc1cc(C)cc(-n2nnc3c(=O)n(CC(=O)Nc4cccc(Cl)c4)cnc32)c1. The van der Waals surface area contributed by atoms with Crippen LogP contribution in [0.4, 0.5) is 5.69 Å². The third-order valence-corrected chi connectivity index (χ3v) is 4.54. The quantitative estimate of drug-likeness (QED) is 0.560. The van der Waals surface area contributed by atoms with Crippen LogP contribution >= 0.6 is 11.6 Å². The van der Waals surface area contributed by atoms with Gasteiger partial charge in [-0.3, -0.25) is 14.2 Å². The van der Waals surface area contributed by atoms with Crippen molar-refractivity contribution in [3.05, 3.63) is 75.3 Å². The van der Waals surface area contributed by atoms with E-state index in [1.165, 1.54) is 15.6 Å². The summed E-state index contributed by atoms with van der Waals surface area (Å²) in [5.74, 6) is -0.378. The van der Waals surface area contributed by atoms with Crippen LogP contribution in [-0.2, 0) is 11.3 Å². The molecule has 4 rings (SSSR count). The first kappa shape index (κ1) is 18.8. The highest BCUT2D eigenvalue weighted by atomic mass is 35.5. The van der Waals surface area contributed by atoms with Crippen LogP contribution in [0.2, 0.25) is 5.02 Å². The molecule has 0 fully saturated rings. The van der Waals surface area contributed by atoms with Crippen LogP contribution in [0, 0.1) is 13.8 Å². The van der Waals surface area contributed by atoms with Gasteiger partial charge in [-0.25, -0.2) is 4.98 Å². The Morgan fingerprint density at radius 2 is 1.90 bits per heavy atom. The molecule has 8 nitrogen and oxygen atoms in total. The zero-order chi connectivity index (χ0) is 20.5. The molecule has 2 heterocycles. The molecule has 0 bridgehead atoms. The highest BCUT2D eigenvalue weighted by Crippen LogP contribution is 2.16. The lowest BCUT2D eigenvalue weighted by Crippen LogP contribution is -2.28. The van der Waals surface area contributed by atoms with E-state index in [0.717, 1.165) is 16.8 Å². The standard InChI is InChI=1S/C20H17ClN6O2/c1-12-6-13(2)8-16(7-12)27-19-18(24-25-27)20(29)26(11-22-19)10-17(28)23-15-5-3-4-14(21)9-15/h3-9,11H,10H2,1-2H3,(H,23,28). The summed E-state index contributed by atoms with van der Waals surface area (Å²) in [5, 5.41) is 11.3. The molecule has 0 aliphatic heterocycles. The molecular formula is C20H17ClN6O2. The first-order valence-corrected chi connectivity index (χ1v) is 9.23. The van der Waals surface area contributed by atoms with E-state index in [1.807, 2.05) is 32.0 Å². The van der Waals surface area contributed by atoms with E-state index in [1.54, 1.807) is 24.3 Å². The third kappa shape index (κ3) is 3.88. The summed E-state index contributed by atoms with van der Waals surface area (Å²) in [7, 11) is 0. The van der Waals surface area contributed by atoms with Gasteiger partial charge in [0.15, 0.2) is 11.2 Å². The van der Waals surface area contributed by atoms with Crippen LogP contribution in [0.25, 0.3) is 16.9 Å². The fourth-order valence-corrected chi connectivity index (χ4v) is 3.32. The fraction of sp³-hybridized carbons (Fsp3) is 0.150. The number of hydrogen-bond acceptors (Lipinski definition) is 5. The van der Waals surface area contributed by atoms with Gasteiger partial charge in [0.05, 0.1) is 5.69 Å². The van der Waals surface area contributed by atoms with Gasteiger partial charge in [0.2, 0.25) is 5.91 Å². The molecule has 0 aliphatic carbocycles. The molecule has 0 aliphatic rings. The lowest BCUT2D eigenvalue weighted by Gasteiger charge is -2.08. The molecular weight excluding hydrogens is 392 g/mol. The van der Waals surface area contributed by atoms with Crippen LogP contribution in [0.1, 0.15) is 11.1 Å². The third-order valence-electron chi connectivity index (χ3n) is 4.30. The average molecular weight is 409 g/mol. The number of aromatic nitrogens is 5. The van der Waals surface area contributed by atoms with Gasteiger partial charge in [-0.1, -0.05) is 28.9 Å². The number of rotatable bonds is 4. The van der Waals surface area contributed by atoms with Crippen molar-refractivity contribution in [2.45, 2.75) is 20.4 Å². The summed E-state index contributed by atoms with van der Waals surface area (Å²) in [6.07, 6.45) is 1.32. The van der Waals surface area contributed by atoms with Gasteiger partial charge in [0.25, 0.3) is 5.56 Å². The topological polar surface area (TPSA) is 94.7 Å². The Hall–Kier alpha value is -3.52. The highest BCUT2D eigenvalue weighted by molar-refractivity contribution is 6.30. The molecule has 1 N–H and O–H groups in total. The number of aryl methyl sites for hydroxylation is 2. The highest BCUT2D eigenvalue weighted by Gasteiger charge is 2.15. The molecule has 29 heavy (non-hydrogen) atoms. The Balaban J connectivity index is 1.63. The van der Waals surface area contributed by atoms with Gasteiger partial charge < -0.3 is 5.32 Å². The maximum atomic E-state index is 12.8. The van der Waals surface area contributed by atoms with E-state index in [9.17, 15) is 9.59 Å². The number of nitrogens with zero attached hydrogens (tertiary/aromatic N) is 5. The van der Waals surface area contributed by atoms with Gasteiger partial charge in [-0.05, 0) is 55.3 Å². The fourth-order valence-electron chi connectivity index (χ4n) is 3.12. The molecule has 4 aromatic rings. The van der Waals surface area contributed by atoms with Crippen molar-refractivity contribution in [1.29, 1.82) is 0 Å². The molecule has 2 aromatic heterocycles. The average Bonchev–Trinajstić information content (AvgIpc) is 3.08. The van der Waals surface area contributed by atoms with Crippen molar-refractivity contribution in [3.63, 3.8) is 0 Å². The zero-order valence-corrected chi connectivity index (χ0v) is 16.5. The summed E-state index contributed by atoms with van der Waals surface area (Å²) < 4.78 is 2.72. The van der Waals surface area contributed by atoms with E-state index in [-0.39, 0.29) is 18.0 Å². The van der Waals surface area contributed by atoms with Gasteiger partial charge in [0, 0.05) is 10.7 Å². The number of carbonyl (C=O) groups excluding carboxylic acids is 1. The maximum absolute atomic E-state index is 12.8. The van der Waals surface area contributed by atoms with Crippen molar-refractivity contribution < 1.29 is 4.79 Å².